The second-order valence-corrected chi connectivity index (χ2v) is 5.02. The van der Waals surface area contributed by atoms with Gasteiger partial charge >= 0.3 is 7.69 Å². The van der Waals surface area contributed by atoms with Gasteiger partial charge < -0.3 is 14.4 Å². The van der Waals surface area contributed by atoms with E-state index in [1.807, 2.05) is 0 Å². The van der Waals surface area contributed by atoms with Crippen molar-refractivity contribution in [2.45, 2.75) is 25.5 Å². The molecule has 2 heterocycles. The van der Waals surface area contributed by atoms with Gasteiger partial charge in [0.05, 0.1) is 6.20 Å². The normalized spacial score (nSPS) is 18.2. The number of aromatic nitrogens is 2. The number of nitrogens with zero attached hydrogens (tertiary/aromatic N) is 2. The molecular weight excluding hydrogens is 293 g/mol. The second kappa shape index (κ2) is 6.45. The van der Waals surface area contributed by atoms with Gasteiger partial charge in [0.15, 0.2) is 5.82 Å². The summed E-state index contributed by atoms with van der Waals surface area (Å²) in [6, 6.07) is 1.89. The van der Waals surface area contributed by atoms with E-state index in [4.69, 9.17) is 9.76 Å². The second-order valence-electron chi connectivity index (χ2n) is 5.02. The van der Waals surface area contributed by atoms with Crippen LogP contribution in [0.3, 0.4) is 0 Å². The quantitative estimate of drug-likeness (QED) is 0.882. The average Bonchev–Trinajstić information content (AvgIpc) is 3.01. The fraction of sp³-hybridized carbons (Fsp3) is 0.357. The highest BCUT2D eigenvalue weighted by Gasteiger charge is 2.19. The molecule has 1 aromatic carbocycles. The van der Waals surface area contributed by atoms with Crippen molar-refractivity contribution in [3.8, 4) is 16.9 Å². The molecule has 1 fully saturated rings. The molecule has 0 amide bonds. The van der Waals surface area contributed by atoms with Crippen molar-refractivity contribution >= 4 is 7.69 Å². The van der Waals surface area contributed by atoms with Crippen LogP contribution in [0.5, 0.6) is 5.75 Å². The van der Waals surface area contributed by atoms with Gasteiger partial charge in [-0.3, -0.25) is 0 Å². The minimum atomic E-state index is -0.775. The highest BCUT2D eigenvalue weighted by molar-refractivity contribution is 6.17. The van der Waals surface area contributed by atoms with E-state index >= 15 is 0 Å². The van der Waals surface area contributed by atoms with Crippen LogP contribution in [0.25, 0.3) is 11.1 Å². The maximum Gasteiger partial charge on any atom is 0.569 e. The topological polar surface area (TPSA) is 56.5 Å². The van der Waals surface area contributed by atoms with Gasteiger partial charge in [-0.05, 0) is 25.3 Å². The SMILES string of the molecule is O[B]Oc1cc(F)c(-c2cnn(C3CCCCO3)c2)cc1F. The number of rotatable bonds is 4. The van der Waals surface area contributed by atoms with Crippen LogP contribution in [0.15, 0.2) is 24.5 Å². The van der Waals surface area contributed by atoms with Crippen molar-refractivity contribution in [2.75, 3.05) is 6.61 Å². The molecule has 1 aromatic heterocycles. The van der Waals surface area contributed by atoms with Crippen LogP contribution in [-0.2, 0) is 4.74 Å². The van der Waals surface area contributed by atoms with E-state index in [0.717, 1.165) is 31.4 Å². The van der Waals surface area contributed by atoms with E-state index in [1.165, 1.54) is 6.20 Å². The molecule has 1 N–H and O–H groups in total. The third-order valence-electron chi connectivity index (χ3n) is 3.56. The minimum Gasteiger partial charge on any atom is -0.535 e. The first kappa shape index (κ1) is 15.0. The Balaban J connectivity index is 1.88. The summed E-state index contributed by atoms with van der Waals surface area (Å²) >= 11 is 0. The third kappa shape index (κ3) is 2.98. The van der Waals surface area contributed by atoms with Gasteiger partial charge in [0.25, 0.3) is 0 Å². The summed E-state index contributed by atoms with van der Waals surface area (Å²) in [5, 5.41) is 12.7. The van der Waals surface area contributed by atoms with Crippen molar-refractivity contribution in [3.05, 3.63) is 36.2 Å². The summed E-state index contributed by atoms with van der Waals surface area (Å²) in [6.07, 6.45) is 5.85. The number of hydrogen-bond donors (Lipinski definition) is 1. The maximum atomic E-state index is 14.1. The Bertz CT molecular complexity index is 660. The van der Waals surface area contributed by atoms with Crippen molar-refractivity contribution in [2.24, 2.45) is 0 Å². The Labute approximate surface area is 126 Å². The maximum absolute atomic E-state index is 14.1. The van der Waals surface area contributed by atoms with Crippen LogP contribution in [0.1, 0.15) is 25.5 Å². The first-order valence-corrected chi connectivity index (χ1v) is 6.97. The zero-order valence-electron chi connectivity index (χ0n) is 11.7. The molecule has 0 aliphatic carbocycles. The molecule has 1 unspecified atom stereocenters. The molecule has 1 radical (unpaired) electrons. The van der Waals surface area contributed by atoms with Crippen LogP contribution >= 0.6 is 0 Å². The zero-order chi connectivity index (χ0) is 15.5. The lowest BCUT2D eigenvalue weighted by Crippen LogP contribution is -2.18. The van der Waals surface area contributed by atoms with E-state index in [9.17, 15) is 8.78 Å². The molecule has 115 valence electrons. The fourth-order valence-corrected chi connectivity index (χ4v) is 2.46. The molecule has 1 atom stereocenters. The molecule has 22 heavy (non-hydrogen) atoms. The van der Waals surface area contributed by atoms with Crippen LogP contribution in [0.2, 0.25) is 0 Å². The average molecular weight is 307 g/mol. The molecule has 8 heteroatoms. The van der Waals surface area contributed by atoms with Crippen molar-refractivity contribution in [3.63, 3.8) is 0 Å². The van der Waals surface area contributed by atoms with Crippen LogP contribution < -0.4 is 4.65 Å². The van der Waals surface area contributed by atoms with Gasteiger partial charge in [-0.2, -0.15) is 5.10 Å². The predicted octanol–water partition coefficient (Wildman–Crippen LogP) is 2.43. The van der Waals surface area contributed by atoms with Crippen molar-refractivity contribution < 1.29 is 23.2 Å². The Kier molecular flexibility index (Phi) is 4.40. The van der Waals surface area contributed by atoms with Crippen molar-refractivity contribution in [1.29, 1.82) is 0 Å². The molecule has 0 bridgehead atoms. The summed E-state index contributed by atoms with van der Waals surface area (Å²) in [6.45, 7) is 0.673. The third-order valence-corrected chi connectivity index (χ3v) is 3.56. The Hall–Kier alpha value is -1.93. The van der Waals surface area contributed by atoms with E-state index in [1.54, 1.807) is 10.9 Å². The lowest BCUT2D eigenvalue weighted by Gasteiger charge is -2.22. The Morgan fingerprint density at radius 3 is 2.91 bits per heavy atom. The molecule has 3 rings (SSSR count). The summed E-state index contributed by atoms with van der Waals surface area (Å²) < 4.78 is 39.6. The van der Waals surface area contributed by atoms with E-state index in [0.29, 0.717) is 19.9 Å². The van der Waals surface area contributed by atoms with Gasteiger partial charge in [0, 0.05) is 30.0 Å². The molecule has 0 spiro atoms. The van der Waals surface area contributed by atoms with Crippen molar-refractivity contribution in [1.82, 2.24) is 9.78 Å². The lowest BCUT2D eigenvalue weighted by atomic mass is 10.1. The first-order valence-electron chi connectivity index (χ1n) is 6.97. The molecule has 1 aliphatic rings. The van der Waals surface area contributed by atoms with Gasteiger partial charge in [0.2, 0.25) is 0 Å². The fourth-order valence-electron chi connectivity index (χ4n) is 2.46. The van der Waals surface area contributed by atoms with Gasteiger partial charge in [-0.15, -0.1) is 0 Å². The van der Waals surface area contributed by atoms with Gasteiger partial charge in [-0.1, -0.05) is 0 Å². The minimum absolute atomic E-state index is 0.0739. The summed E-state index contributed by atoms with van der Waals surface area (Å²) in [5.41, 5.74) is 0.523. The largest absolute Gasteiger partial charge is 0.569 e. The first-order chi connectivity index (χ1) is 10.7. The zero-order valence-corrected chi connectivity index (χ0v) is 11.7. The Morgan fingerprint density at radius 1 is 1.32 bits per heavy atom. The molecule has 1 saturated heterocycles. The Morgan fingerprint density at radius 2 is 2.18 bits per heavy atom. The van der Waals surface area contributed by atoms with E-state index < -0.39 is 11.6 Å². The van der Waals surface area contributed by atoms with Gasteiger partial charge in [0.1, 0.15) is 17.8 Å². The number of ether oxygens (including phenoxy) is 1. The standard InChI is InChI=1S/C14H14BF2N2O3/c16-11-6-13(22-15-20)12(17)5-10(11)9-7-18-19(8-9)14-3-1-2-4-21-14/h5-8,14,20H,1-4H2. The van der Waals surface area contributed by atoms with Gasteiger partial charge in [-0.25, -0.2) is 13.5 Å². The summed E-state index contributed by atoms with van der Waals surface area (Å²) in [7, 11) is 0.302. The number of benzene rings is 1. The van der Waals surface area contributed by atoms with Crippen LogP contribution in [0, 0.1) is 11.6 Å². The molecule has 2 aromatic rings. The van der Waals surface area contributed by atoms with E-state index in [2.05, 4.69) is 9.75 Å². The molecule has 5 nitrogen and oxygen atoms in total. The highest BCUT2D eigenvalue weighted by atomic mass is 19.1. The molecule has 0 saturated carbocycles. The number of halogens is 2. The molecular formula is C14H14BF2N2O3. The lowest BCUT2D eigenvalue weighted by molar-refractivity contribution is -0.0394. The summed E-state index contributed by atoms with van der Waals surface area (Å²) in [4.78, 5) is 0. The monoisotopic (exact) mass is 307 g/mol. The predicted molar refractivity (Wildman–Crippen MR) is 75.0 cm³/mol. The highest BCUT2D eigenvalue weighted by Crippen LogP contribution is 2.30. The number of hydrogen-bond acceptors (Lipinski definition) is 4. The molecule has 1 aliphatic heterocycles. The van der Waals surface area contributed by atoms with Crippen LogP contribution in [-0.4, -0.2) is 29.1 Å². The smallest absolute Gasteiger partial charge is 0.535 e. The van der Waals surface area contributed by atoms with Crippen LogP contribution in [0.4, 0.5) is 8.78 Å². The summed E-state index contributed by atoms with van der Waals surface area (Å²) in [5.74, 6) is -1.82. The van der Waals surface area contributed by atoms with E-state index in [-0.39, 0.29) is 17.5 Å².